The summed E-state index contributed by atoms with van der Waals surface area (Å²) in [6.07, 6.45) is 10.3. The van der Waals surface area contributed by atoms with Crippen molar-refractivity contribution in [2.75, 3.05) is 6.61 Å². The molecule has 3 rings (SSSR count). The zero-order valence-corrected chi connectivity index (χ0v) is 22.9. The summed E-state index contributed by atoms with van der Waals surface area (Å²) in [5, 5.41) is 0. The molecule has 0 amide bonds. The Balaban J connectivity index is 1.66. The predicted molar refractivity (Wildman–Crippen MR) is 147 cm³/mol. The smallest absolute Gasteiger partial charge is 0.338 e. The highest BCUT2D eigenvalue weighted by Gasteiger charge is 2.39. The van der Waals surface area contributed by atoms with Crippen LogP contribution in [0.15, 0.2) is 36.4 Å². The van der Waals surface area contributed by atoms with Crippen molar-refractivity contribution in [1.82, 2.24) is 0 Å². The number of unbranched alkanes of at least 4 members (excludes halogenated alkanes) is 5. The molecule has 0 radical (unpaired) electrons. The fourth-order valence-electron chi connectivity index (χ4n) is 5.39. The molecule has 0 spiro atoms. The first kappa shape index (κ1) is 27.0. The van der Waals surface area contributed by atoms with Gasteiger partial charge in [0.05, 0.1) is 12.2 Å². The third-order valence-corrected chi connectivity index (χ3v) is 7.00. The standard InChI is InChI=1S/C32H44O3/c1-8-9-10-11-12-13-18-34-30(33)26-16-14-25(15-17-26)19-23(2)27-21-28-29(20-24(27)3)35-32(6,7)22-31(28,4)5/h14-17,19-21H,8-13,18,22H2,1-7H3. The van der Waals surface area contributed by atoms with Crippen LogP contribution < -0.4 is 4.74 Å². The Hall–Kier alpha value is -2.55. The lowest BCUT2D eigenvalue weighted by molar-refractivity contribution is 0.0496. The van der Waals surface area contributed by atoms with E-state index in [1.54, 1.807) is 0 Å². The Morgan fingerprint density at radius 1 is 1.00 bits per heavy atom. The fraction of sp³-hybridized carbons (Fsp3) is 0.531. The van der Waals surface area contributed by atoms with Gasteiger partial charge >= 0.3 is 5.97 Å². The summed E-state index contributed by atoms with van der Waals surface area (Å²) in [4.78, 5) is 12.4. The quantitative estimate of drug-likeness (QED) is 0.195. The van der Waals surface area contributed by atoms with Gasteiger partial charge in [-0.1, -0.05) is 71.1 Å². The predicted octanol–water partition coefficient (Wildman–Crippen LogP) is 8.91. The molecular formula is C32H44O3. The maximum Gasteiger partial charge on any atom is 0.338 e. The van der Waals surface area contributed by atoms with E-state index in [9.17, 15) is 4.79 Å². The second kappa shape index (κ2) is 11.5. The molecule has 190 valence electrons. The summed E-state index contributed by atoms with van der Waals surface area (Å²) < 4.78 is 11.8. The van der Waals surface area contributed by atoms with Crippen LogP contribution in [0.1, 0.15) is 119 Å². The molecule has 1 heterocycles. The van der Waals surface area contributed by atoms with Crippen LogP contribution in [0.2, 0.25) is 0 Å². The average molecular weight is 477 g/mol. The SMILES string of the molecule is CCCCCCCCOC(=O)c1ccc(C=C(C)c2cc3c(cc2C)OC(C)(C)CC3(C)C)cc1. The third kappa shape index (κ3) is 7.22. The summed E-state index contributed by atoms with van der Waals surface area (Å²) in [7, 11) is 0. The number of ether oxygens (including phenoxy) is 2. The van der Waals surface area contributed by atoms with Crippen molar-refractivity contribution in [3.63, 3.8) is 0 Å². The maximum atomic E-state index is 12.4. The zero-order valence-electron chi connectivity index (χ0n) is 22.9. The highest BCUT2D eigenvalue weighted by Crippen LogP contribution is 2.46. The zero-order chi connectivity index (χ0) is 25.6. The van der Waals surface area contributed by atoms with Gasteiger partial charge in [-0.15, -0.1) is 0 Å². The van der Waals surface area contributed by atoms with E-state index in [0.717, 1.165) is 30.6 Å². The Labute approximate surface area is 212 Å². The Morgan fingerprint density at radius 3 is 2.34 bits per heavy atom. The van der Waals surface area contributed by atoms with E-state index >= 15 is 0 Å². The molecule has 1 aliphatic heterocycles. The number of allylic oxidation sites excluding steroid dienone is 1. The van der Waals surface area contributed by atoms with Crippen molar-refractivity contribution in [2.24, 2.45) is 0 Å². The van der Waals surface area contributed by atoms with E-state index in [2.05, 4.69) is 66.7 Å². The first-order valence-corrected chi connectivity index (χ1v) is 13.3. The highest BCUT2D eigenvalue weighted by molar-refractivity contribution is 5.90. The van der Waals surface area contributed by atoms with E-state index in [1.807, 2.05) is 24.3 Å². The van der Waals surface area contributed by atoms with Gasteiger partial charge in [-0.25, -0.2) is 4.79 Å². The minimum atomic E-state index is -0.235. The third-order valence-electron chi connectivity index (χ3n) is 7.00. The van der Waals surface area contributed by atoms with Crippen LogP contribution in [-0.2, 0) is 10.2 Å². The first-order valence-electron chi connectivity index (χ1n) is 13.3. The number of esters is 1. The van der Waals surface area contributed by atoms with Gasteiger partial charge < -0.3 is 9.47 Å². The molecule has 0 saturated heterocycles. The molecule has 1 aliphatic rings. The molecule has 3 heteroatoms. The van der Waals surface area contributed by atoms with E-state index in [-0.39, 0.29) is 17.0 Å². The Morgan fingerprint density at radius 2 is 1.66 bits per heavy atom. The van der Waals surface area contributed by atoms with Crippen LogP contribution >= 0.6 is 0 Å². The van der Waals surface area contributed by atoms with Crippen LogP contribution in [0.4, 0.5) is 0 Å². The van der Waals surface area contributed by atoms with E-state index in [1.165, 1.54) is 47.9 Å². The van der Waals surface area contributed by atoms with Crippen molar-refractivity contribution < 1.29 is 14.3 Å². The summed E-state index contributed by atoms with van der Waals surface area (Å²) >= 11 is 0. The molecule has 0 unspecified atom stereocenters. The van der Waals surface area contributed by atoms with Crippen molar-refractivity contribution in [1.29, 1.82) is 0 Å². The second-order valence-electron chi connectivity index (χ2n) is 11.4. The molecule has 0 aliphatic carbocycles. The molecule has 0 aromatic heterocycles. The summed E-state index contributed by atoms with van der Waals surface area (Å²) in [5.41, 5.74) is 6.49. The van der Waals surface area contributed by atoms with E-state index in [4.69, 9.17) is 9.47 Å². The number of fused-ring (bicyclic) bond motifs is 1. The number of carbonyl (C=O) groups excluding carboxylic acids is 1. The average Bonchev–Trinajstić information content (AvgIpc) is 2.77. The molecule has 2 aromatic carbocycles. The number of carbonyl (C=O) groups is 1. The fourth-order valence-corrected chi connectivity index (χ4v) is 5.39. The number of benzene rings is 2. The van der Waals surface area contributed by atoms with Crippen molar-refractivity contribution in [3.8, 4) is 5.75 Å². The second-order valence-corrected chi connectivity index (χ2v) is 11.4. The summed E-state index contributed by atoms with van der Waals surface area (Å²) in [6, 6.07) is 12.2. The minimum absolute atomic E-state index is 0.0529. The molecule has 2 aromatic rings. The number of rotatable bonds is 10. The summed E-state index contributed by atoms with van der Waals surface area (Å²) in [6.45, 7) is 16.0. The molecule has 0 atom stereocenters. The van der Waals surface area contributed by atoms with Crippen molar-refractivity contribution in [2.45, 2.75) is 104 Å². The normalized spacial score (nSPS) is 16.4. The molecule has 0 fully saturated rings. The van der Waals surface area contributed by atoms with Gasteiger partial charge in [0.2, 0.25) is 0 Å². The first-order chi connectivity index (χ1) is 16.5. The lowest BCUT2D eigenvalue weighted by Crippen LogP contribution is -2.41. The molecule has 0 N–H and O–H groups in total. The maximum absolute atomic E-state index is 12.4. The lowest BCUT2D eigenvalue weighted by Gasteiger charge is -2.43. The highest BCUT2D eigenvalue weighted by atomic mass is 16.5. The lowest BCUT2D eigenvalue weighted by atomic mass is 9.72. The van der Waals surface area contributed by atoms with Crippen molar-refractivity contribution >= 4 is 17.6 Å². The molecule has 0 bridgehead atoms. The van der Waals surface area contributed by atoms with Gasteiger partial charge in [0.1, 0.15) is 11.4 Å². The van der Waals surface area contributed by atoms with Gasteiger partial charge in [-0.3, -0.25) is 0 Å². The number of aryl methyl sites for hydroxylation is 1. The van der Waals surface area contributed by atoms with E-state index < -0.39 is 0 Å². The van der Waals surface area contributed by atoms with Crippen LogP contribution in [0.25, 0.3) is 11.6 Å². The van der Waals surface area contributed by atoms with Gasteiger partial charge in [0.25, 0.3) is 0 Å². The van der Waals surface area contributed by atoms with Gasteiger partial charge in [-0.2, -0.15) is 0 Å². The monoisotopic (exact) mass is 476 g/mol. The number of hydrogen-bond donors (Lipinski definition) is 0. The van der Waals surface area contributed by atoms with Gasteiger partial charge in [-0.05, 0) is 92.5 Å². The molecule has 3 nitrogen and oxygen atoms in total. The largest absolute Gasteiger partial charge is 0.488 e. The Kier molecular flexibility index (Phi) is 8.85. The summed E-state index contributed by atoms with van der Waals surface area (Å²) in [5.74, 6) is 0.769. The Bertz CT molecular complexity index is 1040. The van der Waals surface area contributed by atoms with Crippen LogP contribution in [0, 0.1) is 6.92 Å². The van der Waals surface area contributed by atoms with Gasteiger partial charge in [0.15, 0.2) is 0 Å². The van der Waals surface area contributed by atoms with Crippen LogP contribution in [0.3, 0.4) is 0 Å². The van der Waals surface area contributed by atoms with Gasteiger partial charge in [0, 0.05) is 5.56 Å². The molecule has 0 saturated carbocycles. The topological polar surface area (TPSA) is 35.5 Å². The molecule has 35 heavy (non-hydrogen) atoms. The minimum Gasteiger partial charge on any atom is -0.488 e. The molecular weight excluding hydrogens is 432 g/mol. The van der Waals surface area contributed by atoms with E-state index in [0.29, 0.717) is 12.2 Å². The van der Waals surface area contributed by atoms with Crippen LogP contribution in [-0.4, -0.2) is 18.2 Å². The van der Waals surface area contributed by atoms with Crippen molar-refractivity contribution in [3.05, 3.63) is 64.2 Å². The number of hydrogen-bond acceptors (Lipinski definition) is 3. The van der Waals surface area contributed by atoms with Crippen LogP contribution in [0.5, 0.6) is 5.75 Å².